The highest BCUT2D eigenvalue weighted by Gasteiger charge is 2.08. The van der Waals surface area contributed by atoms with Gasteiger partial charge in [-0.05, 0) is 0 Å². The Morgan fingerprint density at radius 3 is 2.67 bits per heavy atom. The molecule has 54 valence electrons. The Bertz CT molecular complexity index is 104. The van der Waals surface area contributed by atoms with E-state index in [-0.39, 0.29) is 0 Å². The summed E-state index contributed by atoms with van der Waals surface area (Å²) >= 11 is 0. The first-order valence-corrected chi connectivity index (χ1v) is 2.47. The first kappa shape index (κ1) is 7.96. The van der Waals surface area contributed by atoms with Crippen molar-refractivity contribution in [3.05, 3.63) is 0 Å². The Kier molecular flexibility index (Phi) is 3.45. The molecular weight excluding hydrogens is 124 g/mol. The molecule has 0 aliphatic heterocycles. The highest BCUT2D eigenvalue weighted by Crippen LogP contribution is 1.78. The lowest BCUT2D eigenvalue weighted by Gasteiger charge is -2.01. The second-order valence-corrected chi connectivity index (χ2v) is 1.53. The van der Waals surface area contributed by atoms with Crippen LogP contribution in [0.25, 0.3) is 0 Å². The van der Waals surface area contributed by atoms with Crippen LogP contribution in [-0.4, -0.2) is 40.5 Å². The van der Waals surface area contributed by atoms with Crippen LogP contribution in [-0.2, 0) is 0 Å². The van der Waals surface area contributed by atoms with E-state index < -0.39 is 0 Å². The van der Waals surface area contributed by atoms with Gasteiger partial charge in [0, 0.05) is 6.54 Å². The van der Waals surface area contributed by atoms with E-state index in [1.807, 2.05) is 0 Å². The van der Waals surface area contributed by atoms with Gasteiger partial charge in [0.15, 0.2) is 0 Å². The maximum absolute atomic E-state index is 8.54. The molecule has 0 radical (unpaired) electrons. The van der Waals surface area contributed by atoms with Crippen LogP contribution in [0.1, 0.15) is 0 Å². The minimum absolute atomic E-state index is 0.312. The van der Waals surface area contributed by atoms with Crippen molar-refractivity contribution >= 4 is 0 Å². The van der Waals surface area contributed by atoms with Crippen molar-refractivity contribution in [2.24, 2.45) is 11.0 Å². The molecule has 4 N–H and O–H groups in total. The van der Waals surface area contributed by atoms with E-state index >= 15 is 0 Å². The largest absolute Gasteiger partial charge is 0.357 e. The molecule has 0 fully saturated rings. The molecule has 6 nitrogen and oxygen atoms in total. The molecule has 0 aromatic rings. The highest BCUT2D eigenvalue weighted by molar-refractivity contribution is 4.32. The molecule has 0 heterocycles. The van der Waals surface area contributed by atoms with Crippen molar-refractivity contribution in [3.8, 4) is 0 Å². The van der Waals surface area contributed by atoms with E-state index in [9.17, 15) is 0 Å². The number of hydrogen-bond acceptors (Lipinski definition) is 2. The van der Waals surface area contributed by atoms with Crippen molar-refractivity contribution in [1.29, 1.82) is 0 Å². The topological polar surface area (TPSA) is 85.1 Å². The van der Waals surface area contributed by atoms with Crippen LogP contribution in [0.3, 0.4) is 0 Å². The molecule has 0 unspecified atom stereocenters. The molecule has 0 amide bonds. The number of hydrogen-bond donors (Lipinski definition) is 3. The number of hydrazine groups is 1. The minimum Gasteiger partial charge on any atom is -0.357 e. The van der Waals surface area contributed by atoms with Crippen LogP contribution in [0.4, 0.5) is 0 Å². The first-order chi connectivity index (χ1) is 4.22. The molecule has 0 aliphatic rings. The molecule has 0 saturated heterocycles. The van der Waals surface area contributed by atoms with Crippen LogP contribution in [0, 0.1) is 0 Å². The molecule has 0 aromatic carbocycles. The van der Waals surface area contributed by atoms with Crippen molar-refractivity contribution in [2.75, 3.05) is 20.1 Å². The standard InChI is InChI=1S/C3H10N4O2/c1-6(3-2-4)7(9)5-8/h9H,2-4H2,1H3/p+1. The van der Waals surface area contributed by atoms with E-state index in [1.54, 1.807) is 0 Å². The molecule has 9 heavy (non-hydrogen) atoms. The van der Waals surface area contributed by atoms with Crippen molar-refractivity contribution < 1.29 is 15.4 Å². The minimum atomic E-state index is 0.312. The maximum Gasteiger partial charge on any atom is 0.271 e. The zero-order valence-corrected chi connectivity index (χ0v) is 5.23. The summed E-state index contributed by atoms with van der Waals surface area (Å²) in [6.07, 6.45) is 0. The van der Waals surface area contributed by atoms with Crippen LogP contribution in [0.2, 0.25) is 0 Å². The lowest BCUT2D eigenvalue weighted by Crippen LogP contribution is -2.32. The van der Waals surface area contributed by atoms with Crippen LogP contribution in [0.5, 0.6) is 0 Å². The fourth-order valence-corrected chi connectivity index (χ4v) is 0.345. The van der Waals surface area contributed by atoms with Gasteiger partial charge in [0.2, 0.25) is 0 Å². The summed E-state index contributed by atoms with van der Waals surface area (Å²) in [6, 6.07) is 0. The third-order valence-corrected chi connectivity index (χ3v) is 0.838. The third-order valence-electron chi connectivity index (χ3n) is 0.838. The summed E-state index contributed by atoms with van der Waals surface area (Å²) in [5.74, 6) is 0. The van der Waals surface area contributed by atoms with E-state index in [0.717, 1.165) is 0 Å². The first-order valence-electron chi connectivity index (χ1n) is 2.47. The normalized spacial score (nSPS) is 11.6. The Balaban J connectivity index is 3.59. The SMILES string of the molecule is CN(CCN)/[N+](O)=N/O. The predicted molar refractivity (Wildman–Crippen MR) is 27.9 cm³/mol. The third kappa shape index (κ3) is 2.70. The van der Waals surface area contributed by atoms with E-state index in [1.165, 1.54) is 12.1 Å². The quantitative estimate of drug-likeness (QED) is 0.264. The Morgan fingerprint density at radius 1 is 1.78 bits per heavy atom. The van der Waals surface area contributed by atoms with Gasteiger partial charge in [0.25, 0.3) is 10.2 Å². The van der Waals surface area contributed by atoms with Gasteiger partial charge >= 0.3 is 0 Å². The molecule has 6 heteroatoms. The van der Waals surface area contributed by atoms with Gasteiger partial charge in [0.1, 0.15) is 0 Å². The molecule has 0 spiro atoms. The smallest absolute Gasteiger partial charge is 0.271 e. The molecule has 0 bridgehead atoms. The summed E-state index contributed by atoms with van der Waals surface area (Å²) < 4.78 is 0. The van der Waals surface area contributed by atoms with Crippen molar-refractivity contribution in [1.82, 2.24) is 5.01 Å². The average Bonchev–Trinajstić information content (AvgIpc) is 1.87. The van der Waals surface area contributed by atoms with Gasteiger partial charge < -0.3 is 10.9 Å². The Hall–Kier alpha value is -1.04. The number of nitrogens with zero attached hydrogens (tertiary/aromatic N) is 3. The summed E-state index contributed by atoms with van der Waals surface area (Å²) in [4.78, 5) is 0.312. The van der Waals surface area contributed by atoms with Crippen LogP contribution in [0.15, 0.2) is 5.28 Å². The maximum atomic E-state index is 8.54. The van der Waals surface area contributed by atoms with Gasteiger partial charge in [-0.3, -0.25) is 0 Å². The lowest BCUT2D eigenvalue weighted by atomic mass is 10.6. The summed E-state index contributed by atoms with van der Waals surface area (Å²) in [7, 11) is 1.53. The van der Waals surface area contributed by atoms with Crippen LogP contribution < -0.4 is 5.73 Å². The lowest BCUT2D eigenvalue weighted by molar-refractivity contribution is -0.937. The summed E-state index contributed by atoms with van der Waals surface area (Å²) in [5, 5.41) is 20.2. The Labute approximate surface area is 52.7 Å². The zero-order chi connectivity index (χ0) is 7.28. The highest BCUT2D eigenvalue weighted by atomic mass is 16.6. The zero-order valence-electron chi connectivity index (χ0n) is 5.23. The molecular formula is C3H11N4O2+. The van der Waals surface area contributed by atoms with Gasteiger partial charge in [-0.2, -0.15) is 0 Å². The van der Waals surface area contributed by atoms with Crippen LogP contribution >= 0.6 is 0 Å². The fraction of sp³-hybridized carbons (Fsp3) is 1.00. The monoisotopic (exact) mass is 135 g/mol. The summed E-state index contributed by atoms with van der Waals surface area (Å²) in [5.41, 5.74) is 5.12. The van der Waals surface area contributed by atoms with Gasteiger partial charge in [0.05, 0.1) is 13.6 Å². The fourth-order valence-electron chi connectivity index (χ4n) is 0.345. The van der Waals surface area contributed by atoms with Gasteiger partial charge in [-0.25, -0.2) is 5.21 Å². The molecule has 0 aliphatic carbocycles. The summed E-state index contributed by atoms with van der Waals surface area (Å²) in [6.45, 7) is 0.823. The molecule has 0 rings (SSSR count). The average molecular weight is 135 g/mol. The Morgan fingerprint density at radius 2 is 2.33 bits per heavy atom. The molecule has 0 atom stereocenters. The van der Waals surface area contributed by atoms with Crippen molar-refractivity contribution in [3.63, 3.8) is 0 Å². The molecule has 0 aromatic heterocycles. The van der Waals surface area contributed by atoms with E-state index in [4.69, 9.17) is 16.1 Å². The number of likely N-dealkylation sites (N-methyl/N-ethyl adjacent to an activating group) is 1. The van der Waals surface area contributed by atoms with E-state index in [2.05, 4.69) is 5.28 Å². The van der Waals surface area contributed by atoms with Crippen molar-refractivity contribution in [2.45, 2.75) is 0 Å². The number of rotatable bonds is 3. The second-order valence-electron chi connectivity index (χ2n) is 1.53. The number of nitrogens with two attached hydrogens (primary N) is 1. The second kappa shape index (κ2) is 3.90. The predicted octanol–water partition coefficient (Wildman–Crippen LogP) is -0.965. The molecule has 0 saturated carbocycles. The van der Waals surface area contributed by atoms with Gasteiger partial charge in [-0.15, -0.1) is 5.01 Å². The van der Waals surface area contributed by atoms with Gasteiger partial charge in [-0.1, -0.05) is 0 Å². The van der Waals surface area contributed by atoms with E-state index in [0.29, 0.717) is 18.1 Å².